The third-order valence-corrected chi connectivity index (χ3v) is 4.03. The lowest BCUT2D eigenvalue weighted by Gasteiger charge is -2.24. The van der Waals surface area contributed by atoms with Crippen molar-refractivity contribution in [3.05, 3.63) is 27.8 Å². The molecule has 112 valence electrons. The van der Waals surface area contributed by atoms with Gasteiger partial charge in [0, 0.05) is 22.7 Å². The number of likely N-dealkylation sites (tertiary alicyclic amines) is 1. The van der Waals surface area contributed by atoms with E-state index in [2.05, 4.69) is 27.9 Å². The Morgan fingerprint density at radius 1 is 1.45 bits per heavy atom. The maximum Gasteiger partial charge on any atom is 0.260 e. The standard InChI is InChI=1S/C14H19IN2O2.ClH/c1-16-9-12-3-2-8-17(12)14(18)10-19-13-6-4-11(15)5-7-13;/h4-7,12,16H,2-3,8-10H2,1H3;1H. The topological polar surface area (TPSA) is 41.6 Å². The largest absolute Gasteiger partial charge is 0.484 e. The van der Waals surface area contributed by atoms with Crippen LogP contribution in [-0.4, -0.2) is 43.6 Å². The van der Waals surface area contributed by atoms with Crippen molar-refractivity contribution < 1.29 is 9.53 Å². The van der Waals surface area contributed by atoms with Gasteiger partial charge in [0.2, 0.25) is 0 Å². The first kappa shape index (κ1) is 17.5. The fourth-order valence-corrected chi connectivity index (χ4v) is 2.73. The summed E-state index contributed by atoms with van der Waals surface area (Å²) in [5.41, 5.74) is 0. The van der Waals surface area contributed by atoms with Gasteiger partial charge in [-0.05, 0) is 66.7 Å². The quantitative estimate of drug-likeness (QED) is 0.758. The van der Waals surface area contributed by atoms with Gasteiger partial charge in [-0.15, -0.1) is 12.4 Å². The highest BCUT2D eigenvalue weighted by Crippen LogP contribution is 2.18. The number of nitrogens with zero attached hydrogens (tertiary/aromatic N) is 1. The van der Waals surface area contributed by atoms with Crippen LogP contribution in [0.3, 0.4) is 0 Å². The number of rotatable bonds is 5. The summed E-state index contributed by atoms with van der Waals surface area (Å²) in [5, 5.41) is 3.14. The first-order valence-electron chi connectivity index (χ1n) is 6.53. The lowest BCUT2D eigenvalue weighted by atomic mass is 10.2. The van der Waals surface area contributed by atoms with Crippen LogP contribution in [0.5, 0.6) is 5.75 Å². The van der Waals surface area contributed by atoms with Crippen molar-refractivity contribution in [2.24, 2.45) is 0 Å². The van der Waals surface area contributed by atoms with Gasteiger partial charge in [0.25, 0.3) is 5.91 Å². The van der Waals surface area contributed by atoms with Gasteiger partial charge in [0.15, 0.2) is 6.61 Å². The molecule has 1 saturated heterocycles. The van der Waals surface area contributed by atoms with E-state index >= 15 is 0 Å². The number of carbonyl (C=O) groups excluding carboxylic acids is 1. The molecular formula is C14H20ClIN2O2. The lowest BCUT2D eigenvalue weighted by molar-refractivity contribution is -0.134. The van der Waals surface area contributed by atoms with Gasteiger partial charge in [0.1, 0.15) is 5.75 Å². The van der Waals surface area contributed by atoms with E-state index in [9.17, 15) is 4.79 Å². The molecule has 0 spiro atoms. The average Bonchev–Trinajstić information content (AvgIpc) is 2.86. The van der Waals surface area contributed by atoms with Gasteiger partial charge in [-0.1, -0.05) is 0 Å². The predicted molar refractivity (Wildman–Crippen MR) is 90.6 cm³/mol. The van der Waals surface area contributed by atoms with Crippen LogP contribution in [-0.2, 0) is 4.79 Å². The van der Waals surface area contributed by atoms with Crippen LogP contribution in [0.1, 0.15) is 12.8 Å². The molecule has 0 aromatic heterocycles. The second-order valence-electron chi connectivity index (χ2n) is 4.68. The third-order valence-electron chi connectivity index (χ3n) is 3.31. The molecule has 0 radical (unpaired) electrons. The van der Waals surface area contributed by atoms with Crippen LogP contribution < -0.4 is 10.1 Å². The Morgan fingerprint density at radius 3 is 2.80 bits per heavy atom. The molecule has 1 fully saturated rings. The predicted octanol–water partition coefficient (Wildman–Crippen LogP) is 2.30. The number of hydrogen-bond donors (Lipinski definition) is 1. The van der Waals surface area contributed by atoms with Crippen molar-refractivity contribution in [1.82, 2.24) is 10.2 Å². The maximum atomic E-state index is 12.1. The first-order valence-corrected chi connectivity index (χ1v) is 7.61. The van der Waals surface area contributed by atoms with E-state index in [0.29, 0.717) is 6.04 Å². The molecule has 1 aliphatic rings. The Bertz CT molecular complexity index is 428. The molecule has 1 amide bonds. The molecule has 2 rings (SSSR count). The van der Waals surface area contributed by atoms with E-state index in [4.69, 9.17) is 4.74 Å². The molecule has 1 aromatic rings. The fraction of sp³-hybridized carbons (Fsp3) is 0.500. The molecule has 1 aromatic carbocycles. The monoisotopic (exact) mass is 410 g/mol. The number of ether oxygens (including phenoxy) is 1. The number of likely N-dealkylation sites (N-methyl/N-ethyl adjacent to an activating group) is 1. The van der Waals surface area contributed by atoms with Crippen LogP contribution >= 0.6 is 35.0 Å². The minimum absolute atomic E-state index is 0. The zero-order valence-electron chi connectivity index (χ0n) is 11.5. The molecular weight excluding hydrogens is 391 g/mol. The van der Waals surface area contributed by atoms with Crippen LogP contribution in [0, 0.1) is 3.57 Å². The normalized spacial score (nSPS) is 17.7. The summed E-state index contributed by atoms with van der Waals surface area (Å²) in [7, 11) is 1.92. The Kier molecular flexibility index (Phi) is 7.61. The van der Waals surface area contributed by atoms with Gasteiger partial charge < -0.3 is 15.0 Å². The Balaban J connectivity index is 0.00000200. The van der Waals surface area contributed by atoms with Crippen molar-refractivity contribution in [1.29, 1.82) is 0 Å². The maximum absolute atomic E-state index is 12.1. The van der Waals surface area contributed by atoms with Crippen molar-refractivity contribution >= 4 is 40.9 Å². The molecule has 0 bridgehead atoms. The Hall–Kier alpha value is -0.530. The zero-order chi connectivity index (χ0) is 13.7. The minimum Gasteiger partial charge on any atom is -0.484 e. The van der Waals surface area contributed by atoms with Crippen LogP contribution in [0.25, 0.3) is 0 Å². The molecule has 1 aliphatic heterocycles. The smallest absolute Gasteiger partial charge is 0.260 e. The number of carbonyl (C=O) groups is 1. The Morgan fingerprint density at radius 2 is 2.15 bits per heavy atom. The SMILES string of the molecule is CNCC1CCCN1C(=O)COc1ccc(I)cc1.Cl. The van der Waals surface area contributed by atoms with Gasteiger partial charge in [-0.25, -0.2) is 0 Å². The highest BCUT2D eigenvalue weighted by Gasteiger charge is 2.28. The molecule has 1 heterocycles. The summed E-state index contributed by atoms with van der Waals surface area (Å²) in [6.07, 6.45) is 2.16. The summed E-state index contributed by atoms with van der Waals surface area (Å²) >= 11 is 2.24. The van der Waals surface area contributed by atoms with Gasteiger partial charge in [0.05, 0.1) is 0 Å². The van der Waals surface area contributed by atoms with Crippen LogP contribution in [0.15, 0.2) is 24.3 Å². The van der Waals surface area contributed by atoms with Gasteiger partial charge >= 0.3 is 0 Å². The summed E-state index contributed by atoms with van der Waals surface area (Å²) in [5.74, 6) is 0.828. The Labute approximate surface area is 139 Å². The second-order valence-corrected chi connectivity index (χ2v) is 5.93. The van der Waals surface area contributed by atoms with Crippen molar-refractivity contribution in [2.75, 3.05) is 26.7 Å². The summed E-state index contributed by atoms with van der Waals surface area (Å²) in [4.78, 5) is 14.1. The van der Waals surface area contributed by atoms with Crippen molar-refractivity contribution in [3.63, 3.8) is 0 Å². The molecule has 0 aliphatic carbocycles. The first-order chi connectivity index (χ1) is 9.20. The highest BCUT2D eigenvalue weighted by atomic mass is 127. The summed E-state index contributed by atoms with van der Waals surface area (Å²) in [6, 6.07) is 8.05. The molecule has 1 unspecified atom stereocenters. The molecule has 6 heteroatoms. The molecule has 4 nitrogen and oxygen atoms in total. The highest BCUT2D eigenvalue weighted by molar-refractivity contribution is 14.1. The van der Waals surface area contributed by atoms with E-state index in [1.165, 1.54) is 0 Å². The van der Waals surface area contributed by atoms with E-state index in [-0.39, 0.29) is 24.9 Å². The molecule has 1 N–H and O–H groups in total. The minimum atomic E-state index is 0. The van der Waals surface area contributed by atoms with Crippen LogP contribution in [0.2, 0.25) is 0 Å². The number of hydrogen-bond acceptors (Lipinski definition) is 3. The van der Waals surface area contributed by atoms with Crippen molar-refractivity contribution in [2.45, 2.75) is 18.9 Å². The molecule has 0 saturated carbocycles. The van der Waals surface area contributed by atoms with Crippen LogP contribution in [0.4, 0.5) is 0 Å². The van der Waals surface area contributed by atoms with E-state index in [1.807, 2.05) is 36.2 Å². The summed E-state index contributed by atoms with van der Waals surface area (Å²) < 4.78 is 6.70. The third kappa shape index (κ3) is 4.79. The molecule has 1 atom stereocenters. The van der Waals surface area contributed by atoms with E-state index < -0.39 is 0 Å². The number of amides is 1. The molecule has 20 heavy (non-hydrogen) atoms. The number of nitrogens with one attached hydrogen (secondary N) is 1. The lowest BCUT2D eigenvalue weighted by Crippen LogP contribution is -2.43. The van der Waals surface area contributed by atoms with Gasteiger partial charge in [-0.3, -0.25) is 4.79 Å². The number of benzene rings is 1. The summed E-state index contributed by atoms with van der Waals surface area (Å²) in [6.45, 7) is 1.83. The van der Waals surface area contributed by atoms with Crippen molar-refractivity contribution in [3.8, 4) is 5.75 Å². The van der Waals surface area contributed by atoms with E-state index in [1.54, 1.807) is 0 Å². The number of halogens is 2. The zero-order valence-corrected chi connectivity index (χ0v) is 14.4. The fourth-order valence-electron chi connectivity index (χ4n) is 2.37. The average molecular weight is 411 g/mol. The van der Waals surface area contributed by atoms with Gasteiger partial charge in [-0.2, -0.15) is 0 Å². The second kappa shape index (κ2) is 8.69. The van der Waals surface area contributed by atoms with E-state index in [0.717, 1.165) is 35.3 Å².